The molecular weight excluding hydrogens is 581 g/mol. The van der Waals surface area contributed by atoms with E-state index in [4.69, 9.17) is 4.74 Å². The maximum atomic E-state index is 13.3. The van der Waals surface area contributed by atoms with Gasteiger partial charge >= 0.3 is 5.97 Å². The molecule has 1 aromatic heterocycles. The number of allylic oxidation sites excluding steroid dienone is 1. The quantitative estimate of drug-likeness (QED) is 0.195. The molecular formula is C29H43N4O5S3+. The molecule has 2 aliphatic rings. The Labute approximate surface area is 255 Å². The summed E-state index contributed by atoms with van der Waals surface area (Å²) in [5.74, 6) is -0.274. The summed E-state index contributed by atoms with van der Waals surface area (Å²) in [4.78, 5) is 59.4. The topological polar surface area (TPSA) is 128 Å². The zero-order valence-electron chi connectivity index (χ0n) is 24.5. The van der Waals surface area contributed by atoms with E-state index in [2.05, 4.69) is 27.5 Å². The van der Waals surface area contributed by atoms with E-state index in [0.717, 1.165) is 28.6 Å². The van der Waals surface area contributed by atoms with Gasteiger partial charge in [-0.15, -0.1) is 11.3 Å². The molecule has 12 heteroatoms. The van der Waals surface area contributed by atoms with Crippen molar-refractivity contribution in [1.29, 1.82) is 0 Å². The fourth-order valence-electron chi connectivity index (χ4n) is 4.33. The SMILES string of the molecule is CCCCCCCC(=O)SCC/C=C/[C@@H]1CC(=O)NCc2nc(cs2)C2=[NH+][C@@](C)(CS2)C(=O)N[C@@H](C(C)C)C(=O)O1. The number of aromatic nitrogens is 1. The van der Waals surface area contributed by atoms with Crippen LogP contribution in [-0.2, 0) is 30.5 Å². The molecule has 3 atom stereocenters. The highest BCUT2D eigenvalue weighted by molar-refractivity contribution is 8.14. The van der Waals surface area contributed by atoms with Crippen molar-refractivity contribution in [2.24, 2.45) is 5.92 Å². The first-order chi connectivity index (χ1) is 19.6. The number of hydrogen-bond donors (Lipinski definition) is 3. The van der Waals surface area contributed by atoms with Crippen molar-refractivity contribution >= 4 is 62.8 Å². The summed E-state index contributed by atoms with van der Waals surface area (Å²) >= 11 is 4.26. The molecule has 0 radical (unpaired) electrons. The van der Waals surface area contributed by atoms with Gasteiger partial charge in [0, 0.05) is 24.5 Å². The maximum Gasteiger partial charge on any atom is 0.329 e. The van der Waals surface area contributed by atoms with Gasteiger partial charge in [0.25, 0.3) is 11.0 Å². The van der Waals surface area contributed by atoms with Crippen molar-refractivity contribution in [1.82, 2.24) is 15.6 Å². The van der Waals surface area contributed by atoms with Gasteiger partial charge in [0.1, 0.15) is 17.2 Å². The standard InChI is InChI=1S/C29H42N4O5S3/c1-5-6-7-8-9-13-24(35)39-14-11-10-12-20-15-22(34)30-16-23-31-21(17-40-23)26-33-29(4,18-41-26)28(37)32-25(19(2)3)27(36)38-20/h10,12,17,19-20,25H,5-9,11,13-16,18H2,1-4H3,(H,30,34)(H,32,37)/p+1/b12-10+/t20-,25+,29+/m1/s1. The van der Waals surface area contributed by atoms with Gasteiger partial charge < -0.3 is 15.4 Å². The van der Waals surface area contributed by atoms with Crippen LogP contribution in [0.15, 0.2) is 17.5 Å². The molecule has 4 bridgehead atoms. The molecule has 0 aliphatic carbocycles. The van der Waals surface area contributed by atoms with E-state index in [9.17, 15) is 19.2 Å². The third kappa shape index (κ3) is 10.6. The summed E-state index contributed by atoms with van der Waals surface area (Å²) in [5, 5.41) is 9.39. The van der Waals surface area contributed by atoms with Crippen LogP contribution in [0.1, 0.15) is 89.8 Å². The van der Waals surface area contributed by atoms with Crippen LogP contribution in [0.2, 0.25) is 0 Å². The van der Waals surface area contributed by atoms with Crippen LogP contribution in [-0.4, -0.2) is 62.1 Å². The Bertz CT molecular complexity index is 1140. The summed E-state index contributed by atoms with van der Waals surface area (Å²) < 4.78 is 5.78. The predicted octanol–water partition coefficient (Wildman–Crippen LogP) is 3.11. The molecule has 0 unspecified atom stereocenters. The van der Waals surface area contributed by atoms with Crippen molar-refractivity contribution in [2.75, 3.05) is 11.5 Å². The lowest BCUT2D eigenvalue weighted by atomic mass is 10.0. The van der Waals surface area contributed by atoms with Gasteiger partial charge in [0.2, 0.25) is 11.4 Å². The highest BCUT2D eigenvalue weighted by Crippen LogP contribution is 2.22. The van der Waals surface area contributed by atoms with Crippen molar-refractivity contribution in [2.45, 2.75) is 103 Å². The number of carbonyl (C=O) groups excluding carboxylic acids is 4. The number of ether oxygens (including phenoxy) is 1. The van der Waals surface area contributed by atoms with Crippen LogP contribution in [0.5, 0.6) is 0 Å². The molecule has 0 saturated heterocycles. The van der Waals surface area contributed by atoms with Gasteiger partial charge in [-0.25, -0.2) is 14.8 Å². The summed E-state index contributed by atoms with van der Waals surface area (Å²) in [6.45, 7) is 7.92. The monoisotopic (exact) mass is 623 g/mol. The number of carbonyl (C=O) groups is 4. The summed E-state index contributed by atoms with van der Waals surface area (Å²) in [6, 6.07) is -0.876. The van der Waals surface area contributed by atoms with Crippen LogP contribution in [0, 0.1) is 5.92 Å². The summed E-state index contributed by atoms with van der Waals surface area (Å²) in [5.41, 5.74) is -0.173. The number of unbranched alkanes of at least 4 members (excludes halogenated alkanes) is 4. The molecule has 0 aromatic carbocycles. The molecule has 1 aromatic rings. The minimum Gasteiger partial charge on any atom is -0.456 e. The normalized spacial score (nSPS) is 23.8. The van der Waals surface area contributed by atoms with Gasteiger partial charge in [-0.3, -0.25) is 14.4 Å². The molecule has 3 heterocycles. The average molecular weight is 624 g/mol. The highest BCUT2D eigenvalue weighted by atomic mass is 32.2. The lowest BCUT2D eigenvalue weighted by Crippen LogP contribution is -2.88. The third-order valence-electron chi connectivity index (χ3n) is 6.86. The highest BCUT2D eigenvalue weighted by Gasteiger charge is 2.47. The number of nitrogens with zero attached hydrogens (tertiary/aromatic N) is 1. The first-order valence-electron chi connectivity index (χ1n) is 14.4. The Kier molecular flexibility index (Phi) is 13.4. The minimum atomic E-state index is -0.910. The van der Waals surface area contributed by atoms with E-state index < -0.39 is 23.7 Å². The molecule has 2 aliphatic heterocycles. The van der Waals surface area contributed by atoms with E-state index in [1.807, 2.05) is 32.2 Å². The number of esters is 1. The maximum absolute atomic E-state index is 13.3. The molecule has 0 saturated carbocycles. The summed E-state index contributed by atoms with van der Waals surface area (Å²) in [7, 11) is 0. The van der Waals surface area contributed by atoms with E-state index in [-0.39, 0.29) is 35.8 Å². The molecule has 0 fully saturated rings. The fraction of sp³-hybridized carbons (Fsp3) is 0.655. The predicted molar refractivity (Wildman–Crippen MR) is 166 cm³/mol. The molecule has 3 N–H and O–H groups in total. The fourth-order valence-corrected chi connectivity index (χ4v) is 7.08. The number of amides is 2. The van der Waals surface area contributed by atoms with E-state index in [0.29, 0.717) is 24.3 Å². The zero-order chi connectivity index (χ0) is 29.8. The van der Waals surface area contributed by atoms with E-state index in [1.54, 1.807) is 6.08 Å². The van der Waals surface area contributed by atoms with Crippen LogP contribution in [0.3, 0.4) is 0 Å². The lowest BCUT2D eigenvalue weighted by Gasteiger charge is -2.25. The number of nitrogens with one attached hydrogen (secondary N) is 3. The van der Waals surface area contributed by atoms with Crippen LogP contribution < -0.4 is 15.6 Å². The second kappa shape index (κ2) is 16.5. The van der Waals surface area contributed by atoms with Crippen molar-refractivity contribution in [3.05, 3.63) is 28.2 Å². The van der Waals surface area contributed by atoms with Crippen LogP contribution in [0.25, 0.3) is 0 Å². The van der Waals surface area contributed by atoms with Gasteiger partial charge in [-0.2, -0.15) is 0 Å². The number of hydrogen-bond acceptors (Lipinski definition) is 9. The molecule has 9 nitrogen and oxygen atoms in total. The van der Waals surface area contributed by atoms with E-state index >= 15 is 0 Å². The second-order valence-corrected chi connectivity index (χ2v) is 14.0. The Hall–Kier alpha value is -2.18. The molecule has 41 heavy (non-hydrogen) atoms. The first kappa shape index (κ1) is 33.3. The first-order valence-corrected chi connectivity index (χ1v) is 17.3. The number of cyclic esters (lactones) is 1. The average Bonchev–Trinajstić information content (AvgIpc) is 3.56. The van der Waals surface area contributed by atoms with Crippen LogP contribution in [0.4, 0.5) is 0 Å². The molecule has 226 valence electrons. The van der Waals surface area contributed by atoms with Crippen molar-refractivity contribution < 1.29 is 28.9 Å². The Morgan fingerprint density at radius 3 is 2.80 bits per heavy atom. The summed E-state index contributed by atoms with van der Waals surface area (Å²) in [6.07, 6.45) is 9.46. The smallest absolute Gasteiger partial charge is 0.329 e. The Balaban J connectivity index is 1.66. The van der Waals surface area contributed by atoms with Gasteiger partial charge in [-0.05, 0) is 36.6 Å². The van der Waals surface area contributed by atoms with Crippen molar-refractivity contribution in [3.8, 4) is 0 Å². The molecule has 3 rings (SSSR count). The Morgan fingerprint density at radius 1 is 1.27 bits per heavy atom. The largest absolute Gasteiger partial charge is 0.456 e. The molecule has 0 spiro atoms. The molecule has 2 amide bonds. The number of rotatable bonds is 11. The number of thiazole rings is 1. The van der Waals surface area contributed by atoms with E-state index in [1.165, 1.54) is 54.1 Å². The number of thioether (sulfide) groups is 2. The minimum absolute atomic E-state index is 0.0600. The van der Waals surface area contributed by atoms with Gasteiger partial charge in [0.15, 0.2) is 10.8 Å². The second-order valence-electron chi connectivity index (χ2n) is 11.0. The Morgan fingerprint density at radius 2 is 2.05 bits per heavy atom. The lowest BCUT2D eigenvalue weighted by molar-refractivity contribution is -0.517. The third-order valence-corrected chi connectivity index (χ3v) is 10.00. The van der Waals surface area contributed by atoms with Crippen molar-refractivity contribution in [3.63, 3.8) is 0 Å². The van der Waals surface area contributed by atoms with Gasteiger partial charge in [-0.1, -0.05) is 64.3 Å². The van der Waals surface area contributed by atoms with Gasteiger partial charge in [0.05, 0.1) is 18.7 Å². The van der Waals surface area contributed by atoms with Crippen LogP contribution >= 0.6 is 34.9 Å². The zero-order valence-corrected chi connectivity index (χ0v) is 26.9. The number of fused-ring (bicyclic) bond motifs is 4.